The Kier molecular flexibility index (Phi) is 3.38. The van der Waals surface area contributed by atoms with E-state index in [1.165, 1.54) is 23.1 Å². The van der Waals surface area contributed by atoms with Gasteiger partial charge in [-0.1, -0.05) is 12.1 Å². The highest BCUT2D eigenvalue weighted by molar-refractivity contribution is 6.55. The van der Waals surface area contributed by atoms with Crippen LogP contribution in [0.4, 0.5) is 23.2 Å². The van der Waals surface area contributed by atoms with Gasteiger partial charge < -0.3 is 4.90 Å². The molecule has 0 bridgehead atoms. The summed E-state index contributed by atoms with van der Waals surface area (Å²) in [7, 11) is 0.632. The van der Waals surface area contributed by atoms with E-state index >= 15 is 0 Å². The summed E-state index contributed by atoms with van der Waals surface area (Å²) in [6, 6.07) is 4.12. The fourth-order valence-corrected chi connectivity index (χ4v) is 2.29. The van der Waals surface area contributed by atoms with Crippen LogP contribution in [-0.2, 0) is 0 Å². The minimum atomic E-state index is -4.24. The average molecular weight is 237 g/mol. The van der Waals surface area contributed by atoms with Crippen LogP contribution >= 0.6 is 0 Å². The Bertz CT molecular complexity index is 348. The van der Waals surface area contributed by atoms with E-state index in [0.29, 0.717) is 0 Å². The Morgan fingerprint density at radius 1 is 1.20 bits per heavy atom. The lowest BCUT2D eigenvalue weighted by Crippen LogP contribution is -2.33. The predicted octanol–water partition coefficient (Wildman–Crippen LogP) is 1.21. The van der Waals surface area contributed by atoms with Crippen LogP contribution in [0.15, 0.2) is 18.2 Å². The lowest BCUT2D eigenvalue weighted by molar-refractivity contribution is -0.0455. The molecule has 0 saturated carbocycles. The maximum atomic E-state index is 13.5. The third-order valence-corrected chi connectivity index (χ3v) is 3.26. The molecule has 0 aliphatic carbocycles. The molecule has 0 aliphatic rings. The molecule has 6 heteroatoms. The summed E-state index contributed by atoms with van der Waals surface area (Å²) in [5, 5.41) is -0.186. The zero-order valence-electron chi connectivity index (χ0n) is 8.40. The summed E-state index contributed by atoms with van der Waals surface area (Å²) in [5.41, 5.74) is 0.198. The van der Waals surface area contributed by atoms with Gasteiger partial charge in [0.2, 0.25) is 0 Å². The number of nitrogens with zero attached hydrogens (tertiary/aromatic N) is 1. The summed E-state index contributed by atoms with van der Waals surface area (Å²) in [6.07, 6.45) is 0. The van der Waals surface area contributed by atoms with Gasteiger partial charge in [-0.15, -0.1) is 0 Å². The Morgan fingerprint density at radius 2 is 1.80 bits per heavy atom. The minimum Gasteiger partial charge on any atom is -0.375 e. The third kappa shape index (κ3) is 3.23. The van der Waals surface area contributed by atoms with Gasteiger partial charge in [0, 0.05) is 14.1 Å². The minimum absolute atomic E-state index is 0.186. The topological polar surface area (TPSA) is 3.24 Å². The summed E-state index contributed by atoms with van der Waals surface area (Å²) >= 11 is 0. The molecule has 0 spiro atoms. The van der Waals surface area contributed by atoms with Crippen molar-refractivity contribution in [1.82, 2.24) is 0 Å². The Labute approximate surface area is 87.5 Å². The molecule has 0 aromatic heterocycles. The molecule has 1 rings (SSSR count). The van der Waals surface area contributed by atoms with Crippen LogP contribution in [0.25, 0.3) is 0 Å². The predicted molar refractivity (Wildman–Crippen MR) is 55.0 cm³/mol. The smallest absolute Gasteiger partial charge is 0.359 e. The second-order valence-electron chi connectivity index (χ2n) is 3.44. The van der Waals surface area contributed by atoms with Gasteiger partial charge in [-0.2, -0.15) is 13.2 Å². The summed E-state index contributed by atoms with van der Waals surface area (Å²) < 4.78 is 50.0. The lowest BCUT2D eigenvalue weighted by Gasteiger charge is -2.16. The van der Waals surface area contributed by atoms with Gasteiger partial charge in [0.15, 0.2) is 9.52 Å². The van der Waals surface area contributed by atoms with Crippen LogP contribution in [0.2, 0.25) is 0 Å². The number of benzene rings is 1. The zero-order valence-corrected chi connectivity index (χ0v) is 9.81. The molecule has 0 fully saturated rings. The fraction of sp³-hybridized carbons (Fsp3) is 0.333. The van der Waals surface area contributed by atoms with Crippen molar-refractivity contribution >= 4 is 20.4 Å². The lowest BCUT2D eigenvalue weighted by atomic mass is 10.3. The molecule has 0 saturated heterocycles. The number of hydrogen-bond acceptors (Lipinski definition) is 1. The monoisotopic (exact) mass is 237 g/mol. The second kappa shape index (κ2) is 4.22. The highest BCUT2D eigenvalue weighted by atomic mass is 28.2. The summed E-state index contributed by atoms with van der Waals surface area (Å²) in [6.45, 7) is 0. The van der Waals surface area contributed by atoms with Crippen molar-refractivity contribution in [2.75, 3.05) is 19.0 Å². The first-order valence-corrected chi connectivity index (χ1v) is 5.74. The first-order valence-electron chi connectivity index (χ1n) is 4.33. The van der Waals surface area contributed by atoms with Gasteiger partial charge in [-0.25, -0.2) is 4.39 Å². The second-order valence-corrected chi connectivity index (χ2v) is 5.35. The van der Waals surface area contributed by atoms with Gasteiger partial charge in [-0.05, 0) is 11.3 Å². The van der Waals surface area contributed by atoms with E-state index in [0.717, 1.165) is 0 Å². The van der Waals surface area contributed by atoms with Crippen molar-refractivity contribution in [3.63, 3.8) is 0 Å². The standard InChI is InChI=1S/C9H11F4NSi/c1-14(2)6-4-3-5-7(8(6)10)15-9(11,12)13/h3-5H,15H2,1-2H3. The van der Waals surface area contributed by atoms with E-state index in [9.17, 15) is 17.6 Å². The van der Waals surface area contributed by atoms with E-state index < -0.39 is 21.1 Å². The van der Waals surface area contributed by atoms with Crippen LogP contribution in [-0.4, -0.2) is 29.4 Å². The molecule has 0 N–H and O–H groups in total. The molecule has 0 radical (unpaired) electrons. The molecule has 0 heterocycles. The first-order chi connectivity index (χ1) is 6.81. The molecule has 0 unspecified atom stereocenters. The van der Waals surface area contributed by atoms with E-state index in [1.54, 1.807) is 14.1 Å². The molecule has 84 valence electrons. The van der Waals surface area contributed by atoms with E-state index in [2.05, 4.69) is 0 Å². The van der Waals surface area contributed by atoms with Crippen LogP contribution < -0.4 is 10.1 Å². The highest BCUT2D eigenvalue weighted by Crippen LogP contribution is 2.17. The van der Waals surface area contributed by atoms with Crippen LogP contribution in [0.5, 0.6) is 0 Å². The SMILES string of the molecule is CN(C)c1cccc([SiH2]C(F)(F)F)c1F. The van der Waals surface area contributed by atoms with Crippen LogP contribution in [0, 0.1) is 5.82 Å². The van der Waals surface area contributed by atoms with Crippen molar-refractivity contribution in [3.8, 4) is 0 Å². The quantitative estimate of drug-likeness (QED) is 0.552. The molecule has 1 aromatic rings. The van der Waals surface area contributed by atoms with Gasteiger partial charge in [-0.3, -0.25) is 0 Å². The van der Waals surface area contributed by atoms with E-state index in [-0.39, 0.29) is 10.9 Å². The van der Waals surface area contributed by atoms with Crippen molar-refractivity contribution in [1.29, 1.82) is 0 Å². The van der Waals surface area contributed by atoms with Gasteiger partial charge in [0.1, 0.15) is 5.82 Å². The molecule has 0 atom stereocenters. The Hall–Kier alpha value is -1.04. The van der Waals surface area contributed by atoms with Crippen molar-refractivity contribution in [3.05, 3.63) is 24.0 Å². The molecule has 1 aromatic carbocycles. The first kappa shape index (κ1) is 12.0. The van der Waals surface area contributed by atoms with E-state index in [1.807, 2.05) is 0 Å². The third-order valence-electron chi connectivity index (χ3n) is 1.93. The molecular formula is C9H11F4NSi. The number of alkyl halides is 3. The number of hydrogen-bond donors (Lipinski definition) is 0. The zero-order chi connectivity index (χ0) is 11.6. The molecule has 0 amide bonds. The van der Waals surface area contributed by atoms with Crippen molar-refractivity contribution in [2.45, 2.75) is 5.80 Å². The van der Waals surface area contributed by atoms with E-state index in [4.69, 9.17) is 0 Å². The van der Waals surface area contributed by atoms with Crippen molar-refractivity contribution < 1.29 is 17.6 Å². The van der Waals surface area contributed by atoms with Crippen molar-refractivity contribution in [2.24, 2.45) is 0 Å². The van der Waals surface area contributed by atoms with Crippen LogP contribution in [0.1, 0.15) is 0 Å². The molecule has 15 heavy (non-hydrogen) atoms. The maximum Gasteiger partial charge on any atom is 0.359 e. The van der Waals surface area contributed by atoms with Gasteiger partial charge in [0.05, 0.1) is 5.69 Å². The number of rotatable bonds is 2. The van der Waals surface area contributed by atoms with Gasteiger partial charge in [0.25, 0.3) is 0 Å². The largest absolute Gasteiger partial charge is 0.375 e. The fourth-order valence-electron chi connectivity index (χ4n) is 1.26. The Morgan fingerprint density at radius 3 is 2.27 bits per heavy atom. The summed E-state index contributed by atoms with van der Waals surface area (Å²) in [5.74, 6) is -4.99. The summed E-state index contributed by atoms with van der Waals surface area (Å²) in [4.78, 5) is 1.46. The highest BCUT2D eigenvalue weighted by Gasteiger charge is 2.30. The van der Waals surface area contributed by atoms with Gasteiger partial charge >= 0.3 is 5.80 Å². The number of halogens is 4. The normalized spacial score (nSPS) is 12.4. The molecule has 1 nitrogen and oxygen atoms in total. The number of anilines is 1. The molecular weight excluding hydrogens is 226 g/mol. The Balaban J connectivity index is 3.05. The van der Waals surface area contributed by atoms with Crippen LogP contribution in [0.3, 0.4) is 0 Å². The molecule has 0 aliphatic heterocycles. The maximum absolute atomic E-state index is 13.5. The average Bonchev–Trinajstić information content (AvgIpc) is 2.05.